The lowest BCUT2D eigenvalue weighted by atomic mass is 9.85. The molecule has 0 aliphatic carbocycles. The van der Waals surface area contributed by atoms with Crippen LogP contribution in [0.25, 0.3) is 105 Å². The molecule has 0 saturated carbocycles. The summed E-state index contributed by atoms with van der Waals surface area (Å²) in [5.41, 5.74) is 31.4. The van der Waals surface area contributed by atoms with E-state index in [1.54, 1.807) is 0 Å². The van der Waals surface area contributed by atoms with Crippen molar-refractivity contribution in [2.24, 2.45) is 0 Å². The van der Waals surface area contributed by atoms with Gasteiger partial charge < -0.3 is 9.47 Å². The smallest absolute Gasteiger partial charge is 0.0541 e. The van der Waals surface area contributed by atoms with Gasteiger partial charge in [-0.15, -0.1) is 0 Å². The molecule has 0 bridgehead atoms. The Morgan fingerprint density at radius 3 is 1.22 bits per heavy atom. The second kappa shape index (κ2) is 28.1. The van der Waals surface area contributed by atoms with Crippen LogP contribution < -0.4 is 4.90 Å². The zero-order chi connectivity index (χ0) is 65.6. The lowest BCUT2D eigenvalue weighted by Crippen LogP contribution is -2.12. The fourth-order valence-corrected chi connectivity index (χ4v) is 14.2. The fourth-order valence-electron chi connectivity index (χ4n) is 14.2. The number of rotatable bonds is 21. The maximum atomic E-state index is 2.62. The number of nitrogens with zero attached hydrogens (tertiary/aromatic N) is 2. The molecule has 0 N–H and O–H groups in total. The highest BCUT2D eigenvalue weighted by Crippen LogP contribution is 2.46. The molecule has 95 heavy (non-hydrogen) atoms. The van der Waals surface area contributed by atoms with Crippen molar-refractivity contribution >= 4 is 38.9 Å². The van der Waals surface area contributed by atoms with Gasteiger partial charge in [-0.1, -0.05) is 294 Å². The normalized spacial score (nSPS) is 11.8. The van der Waals surface area contributed by atoms with Gasteiger partial charge in [-0.05, 0) is 216 Å². The summed E-state index contributed by atoms with van der Waals surface area (Å²) in [7, 11) is 0. The van der Waals surface area contributed by atoms with Crippen LogP contribution in [0.2, 0.25) is 0 Å². The molecule has 0 aliphatic heterocycles. The first-order valence-corrected chi connectivity index (χ1v) is 35.1. The maximum absolute atomic E-state index is 2.62. The van der Waals surface area contributed by atoms with E-state index in [2.05, 4.69) is 345 Å². The van der Waals surface area contributed by atoms with Gasteiger partial charge >= 0.3 is 0 Å². The van der Waals surface area contributed by atoms with E-state index in [9.17, 15) is 0 Å². The minimum Gasteiger partial charge on any atom is -0.310 e. The Morgan fingerprint density at radius 1 is 0.305 bits per heavy atom. The Kier molecular flexibility index (Phi) is 18.9. The van der Waals surface area contributed by atoms with E-state index in [1.807, 2.05) is 0 Å². The largest absolute Gasteiger partial charge is 0.310 e. The third-order valence-corrected chi connectivity index (χ3v) is 19.7. The fraction of sp³-hybridized carbons (Fsp3) is 0.226. The number of hydrogen-bond donors (Lipinski definition) is 0. The molecule has 13 aromatic rings. The number of hydrogen-bond acceptors (Lipinski definition) is 1. The van der Waals surface area contributed by atoms with E-state index >= 15 is 0 Å². The Balaban J connectivity index is 0.942. The van der Waals surface area contributed by atoms with Crippen LogP contribution in [0.4, 0.5) is 17.1 Å². The van der Waals surface area contributed by atoms with Gasteiger partial charge in [0.25, 0.3) is 0 Å². The maximum Gasteiger partial charge on any atom is 0.0541 e. The monoisotopic (exact) mass is 1240 g/mol. The predicted octanol–water partition coefficient (Wildman–Crippen LogP) is 27.1. The summed E-state index contributed by atoms with van der Waals surface area (Å²) in [4.78, 5) is 2.49. The van der Waals surface area contributed by atoms with Crippen LogP contribution in [0.3, 0.4) is 0 Å². The molecule has 2 nitrogen and oxygen atoms in total. The Bertz CT molecular complexity index is 4750. The zero-order valence-electron chi connectivity index (χ0n) is 57.4. The van der Waals surface area contributed by atoms with Crippen LogP contribution in [-0.2, 0) is 23.7 Å². The lowest BCUT2D eigenvalue weighted by molar-refractivity contribution is 0.590. The van der Waals surface area contributed by atoms with Crippen LogP contribution in [0.15, 0.2) is 273 Å². The Morgan fingerprint density at radius 2 is 0.716 bits per heavy atom. The van der Waals surface area contributed by atoms with Crippen molar-refractivity contribution in [1.29, 1.82) is 0 Å². The molecule has 0 aliphatic rings. The van der Waals surface area contributed by atoms with Crippen molar-refractivity contribution in [2.45, 2.75) is 137 Å². The van der Waals surface area contributed by atoms with E-state index in [0.717, 1.165) is 48.4 Å². The molecule has 12 aromatic carbocycles. The van der Waals surface area contributed by atoms with Crippen molar-refractivity contribution in [3.05, 3.63) is 301 Å². The average molecular weight is 1240 g/mol. The molecule has 0 unspecified atom stereocenters. The van der Waals surface area contributed by atoms with Crippen molar-refractivity contribution in [1.82, 2.24) is 4.57 Å². The third kappa shape index (κ3) is 13.9. The summed E-state index contributed by atoms with van der Waals surface area (Å²) in [6, 6.07) is 103. The SMILES string of the molecule is CCCCCCc1cc(-c2ccc(N(c3ccc(-c4ccc(C(C)(C)C)cc4)cc3)c3ccc(-c4ccccc4)cc3-c3ccccc3)cc2C)c(CCCCCC)cc1-c1ccc2c(c1)c1cc(-c3ccccc3)ccc1n2-c1ccc(-c2ccc(C(C)(C)C)cc2)cc1. The lowest BCUT2D eigenvalue weighted by Gasteiger charge is -2.29. The molecule has 0 amide bonds. The minimum absolute atomic E-state index is 0.0880. The average Bonchev–Trinajstić information content (AvgIpc) is 1.64. The number of aromatic nitrogens is 1. The van der Waals surface area contributed by atoms with Gasteiger partial charge in [0.05, 0.1) is 16.7 Å². The summed E-state index contributed by atoms with van der Waals surface area (Å²) in [6.07, 6.45) is 11.6. The molecule has 13 rings (SSSR count). The van der Waals surface area contributed by atoms with Crippen LogP contribution >= 0.6 is 0 Å². The first-order chi connectivity index (χ1) is 46.2. The van der Waals surface area contributed by atoms with Crippen LogP contribution in [0.1, 0.15) is 135 Å². The highest BCUT2D eigenvalue weighted by Gasteiger charge is 2.24. The predicted molar refractivity (Wildman–Crippen MR) is 411 cm³/mol. The van der Waals surface area contributed by atoms with E-state index in [4.69, 9.17) is 0 Å². The molecule has 0 saturated heterocycles. The van der Waals surface area contributed by atoms with E-state index in [0.29, 0.717) is 0 Å². The van der Waals surface area contributed by atoms with E-state index in [-0.39, 0.29) is 10.8 Å². The minimum atomic E-state index is 0.0880. The van der Waals surface area contributed by atoms with Crippen LogP contribution in [-0.4, -0.2) is 4.57 Å². The number of unbranched alkanes of at least 4 members (excludes halogenated alkanes) is 6. The first-order valence-electron chi connectivity index (χ1n) is 35.1. The Hall–Kier alpha value is -9.76. The van der Waals surface area contributed by atoms with E-state index in [1.165, 1.54) is 166 Å². The molecule has 0 spiro atoms. The number of benzene rings is 12. The standard InChI is InChI=1S/C93H92N2/c1-10-12-14-19-33-75-63-85(83-55-54-82(59-65(83)3)94(80-50-39-70(40-51-80)68-35-46-78(47-36-68)92(4,5)6)89-56-43-73(66-27-21-16-22-28-66)60-86(89)72-31-25-18-26-32-72)76(34-20-15-13-11-2)62-84(75)77-45-58-91-88(64-77)87-61-74(67-29-23-17-24-30-67)44-57-90(87)95(91)81-52-41-71(42-53-81)69-37-48-79(49-38-69)93(7,8)9/h16-18,21-32,35-64H,10-15,19-20,33-34H2,1-9H3. The van der Waals surface area contributed by atoms with Gasteiger partial charge in [0.2, 0.25) is 0 Å². The van der Waals surface area contributed by atoms with Gasteiger partial charge in [-0.2, -0.15) is 0 Å². The first kappa shape index (κ1) is 64.0. The summed E-state index contributed by atoms with van der Waals surface area (Å²) in [6.45, 7) is 20.7. The highest BCUT2D eigenvalue weighted by molar-refractivity contribution is 6.12. The van der Waals surface area contributed by atoms with Gasteiger partial charge in [0, 0.05) is 33.4 Å². The summed E-state index contributed by atoms with van der Waals surface area (Å²) in [5, 5.41) is 2.54. The van der Waals surface area contributed by atoms with Crippen molar-refractivity contribution < 1.29 is 0 Å². The molecule has 0 fully saturated rings. The number of anilines is 3. The molecular weight excluding hydrogens is 1150 g/mol. The van der Waals surface area contributed by atoms with Crippen molar-refractivity contribution in [2.75, 3.05) is 4.90 Å². The highest BCUT2D eigenvalue weighted by atomic mass is 15.1. The van der Waals surface area contributed by atoms with Gasteiger partial charge in [-0.3, -0.25) is 0 Å². The molecule has 2 heteroatoms. The van der Waals surface area contributed by atoms with Crippen LogP contribution in [0.5, 0.6) is 0 Å². The number of aryl methyl sites for hydroxylation is 3. The molecule has 0 radical (unpaired) electrons. The third-order valence-electron chi connectivity index (χ3n) is 19.7. The Labute approximate surface area is 566 Å². The summed E-state index contributed by atoms with van der Waals surface area (Å²) in [5.74, 6) is 0. The zero-order valence-corrected chi connectivity index (χ0v) is 57.4. The topological polar surface area (TPSA) is 8.17 Å². The second-order valence-corrected chi connectivity index (χ2v) is 28.5. The van der Waals surface area contributed by atoms with Gasteiger partial charge in [0.1, 0.15) is 0 Å². The van der Waals surface area contributed by atoms with Crippen LogP contribution in [0, 0.1) is 6.92 Å². The summed E-state index contributed by atoms with van der Waals surface area (Å²) < 4.78 is 2.49. The van der Waals surface area contributed by atoms with Crippen molar-refractivity contribution in [3.8, 4) is 83.6 Å². The number of fused-ring (bicyclic) bond motifs is 3. The van der Waals surface area contributed by atoms with Crippen molar-refractivity contribution in [3.63, 3.8) is 0 Å². The van der Waals surface area contributed by atoms with Gasteiger partial charge in [-0.25, -0.2) is 0 Å². The molecular formula is C93H92N2. The van der Waals surface area contributed by atoms with Gasteiger partial charge in [0.15, 0.2) is 0 Å². The second-order valence-electron chi connectivity index (χ2n) is 28.5. The molecule has 0 atom stereocenters. The quantitative estimate of drug-likeness (QED) is 0.0651. The summed E-state index contributed by atoms with van der Waals surface area (Å²) >= 11 is 0. The molecule has 474 valence electrons. The van der Waals surface area contributed by atoms with E-state index < -0.39 is 0 Å². The molecule has 1 aromatic heterocycles. The molecule has 1 heterocycles.